The number of nitrogens with zero attached hydrogens (tertiary/aromatic N) is 1. The molecule has 17 heavy (non-hydrogen) atoms. The van der Waals surface area contributed by atoms with E-state index in [0.29, 0.717) is 10.5 Å². The third-order valence-corrected chi connectivity index (χ3v) is 2.86. The smallest absolute Gasteiger partial charge is 0.132 e. The minimum atomic E-state index is -0.231. The summed E-state index contributed by atoms with van der Waals surface area (Å²) in [5.41, 5.74) is 2.49. The Kier molecular flexibility index (Phi) is 2.34. The van der Waals surface area contributed by atoms with E-state index in [1.807, 2.05) is 12.1 Å². The molecule has 0 amide bonds. The van der Waals surface area contributed by atoms with E-state index in [4.69, 9.17) is 11.6 Å². The molecule has 0 aliphatic rings. The normalized spacial score (nSPS) is 10.9. The lowest BCUT2D eigenvalue weighted by atomic mass is 10.2. The Balaban J connectivity index is 2.22. The summed E-state index contributed by atoms with van der Waals surface area (Å²) in [6.07, 6.45) is 1.62. The van der Waals surface area contributed by atoms with Crippen LogP contribution in [0.4, 0.5) is 4.39 Å². The number of pyridine rings is 1. The number of hydrogen-bond acceptors (Lipinski definition) is 1. The van der Waals surface area contributed by atoms with Gasteiger partial charge >= 0.3 is 0 Å². The average Bonchev–Trinajstić information content (AvgIpc) is 2.74. The Morgan fingerprint density at radius 2 is 2.06 bits per heavy atom. The first-order valence-electron chi connectivity index (χ1n) is 5.13. The number of H-pyrrole nitrogens is 1. The standard InChI is InChI=1S/C13H8ClFN2/c14-13-6-8(4-5-16-13)12-7-9-10(15)2-1-3-11(9)17-12/h1-7,17H. The summed E-state index contributed by atoms with van der Waals surface area (Å²) in [5.74, 6) is -0.231. The van der Waals surface area contributed by atoms with Gasteiger partial charge < -0.3 is 4.98 Å². The summed E-state index contributed by atoms with van der Waals surface area (Å²) in [4.78, 5) is 7.07. The van der Waals surface area contributed by atoms with Crippen molar-refractivity contribution in [2.45, 2.75) is 0 Å². The van der Waals surface area contributed by atoms with Crippen molar-refractivity contribution in [1.82, 2.24) is 9.97 Å². The van der Waals surface area contributed by atoms with E-state index in [2.05, 4.69) is 9.97 Å². The molecule has 2 heterocycles. The molecule has 0 fully saturated rings. The fourth-order valence-electron chi connectivity index (χ4n) is 1.84. The molecule has 0 spiro atoms. The van der Waals surface area contributed by atoms with Gasteiger partial charge in [0.15, 0.2) is 0 Å². The summed E-state index contributed by atoms with van der Waals surface area (Å²) >= 11 is 5.83. The zero-order chi connectivity index (χ0) is 11.8. The molecule has 3 rings (SSSR count). The van der Waals surface area contributed by atoms with E-state index in [0.717, 1.165) is 16.8 Å². The van der Waals surface area contributed by atoms with E-state index in [-0.39, 0.29) is 5.82 Å². The lowest BCUT2D eigenvalue weighted by molar-refractivity contribution is 0.640. The fourth-order valence-corrected chi connectivity index (χ4v) is 2.02. The number of aromatic amines is 1. The SMILES string of the molecule is Fc1cccc2[nH]c(-c3ccnc(Cl)c3)cc12. The highest BCUT2D eigenvalue weighted by Crippen LogP contribution is 2.26. The van der Waals surface area contributed by atoms with Crippen LogP contribution in [0.5, 0.6) is 0 Å². The maximum Gasteiger partial charge on any atom is 0.132 e. The summed E-state index contributed by atoms with van der Waals surface area (Å²) in [7, 11) is 0. The number of nitrogens with one attached hydrogen (secondary N) is 1. The van der Waals surface area contributed by atoms with Gasteiger partial charge in [0, 0.05) is 28.4 Å². The van der Waals surface area contributed by atoms with Crippen molar-refractivity contribution in [1.29, 1.82) is 0 Å². The van der Waals surface area contributed by atoms with E-state index < -0.39 is 0 Å². The summed E-state index contributed by atoms with van der Waals surface area (Å²) in [5, 5.41) is 0.997. The van der Waals surface area contributed by atoms with E-state index in [1.165, 1.54) is 6.07 Å². The van der Waals surface area contributed by atoms with Crippen molar-refractivity contribution in [3.63, 3.8) is 0 Å². The lowest BCUT2D eigenvalue weighted by Gasteiger charge is -1.96. The van der Waals surface area contributed by atoms with Crippen molar-refractivity contribution in [2.75, 3.05) is 0 Å². The second kappa shape index (κ2) is 3.86. The van der Waals surface area contributed by atoms with Crippen molar-refractivity contribution in [3.8, 4) is 11.3 Å². The van der Waals surface area contributed by atoms with Crippen LogP contribution in [0.1, 0.15) is 0 Å². The van der Waals surface area contributed by atoms with Crippen LogP contribution in [-0.4, -0.2) is 9.97 Å². The molecule has 1 aromatic carbocycles. The predicted molar refractivity (Wildman–Crippen MR) is 66.5 cm³/mol. The van der Waals surface area contributed by atoms with Gasteiger partial charge in [-0.05, 0) is 30.3 Å². The molecule has 0 radical (unpaired) electrons. The largest absolute Gasteiger partial charge is 0.354 e. The molecule has 0 aliphatic heterocycles. The van der Waals surface area contributed by atoms with Gasteiger partial charge in [-0.25, -0.2) is 9.37 Å². The average molecular weight is 247 g/mol. The van der Waals surface area contributed by atoms with Gasteiger partial charge in [0.05, 0.1) is 0 Å². The van der Waals surface area contributed by atoms with Crippen molar-refractivity contribution in [3.05, 3.63) is 53.6 Å². The Morgan fingerprint density at radius 1 is 1.18 bits per heavy atom. The highest BCUT2D eigenvalue weighted by Gasteiger charge is 2.06. The molecule has 0 aliphatic carbocycles. The second-order valence-corrected chi connectivity index (χ2v) is 4.14. The molecule has 0 saturated carbocycles. The molecule has 1 N–H and O–H groups in total. The number of rotatable bonds is 1. The zero-order valence-electron chi connectivity index (χ0n) is 8.74. The number of fused-ring (bicyclic) bond motifs is 1. The first kappa shape index (κ1) is 10.3. The van der Waals surface area contributed by atoms with Crippen LogP contribution >= 0.6 is 11.6 Å². The van der Waals surface area contributed by atoms with Crippen LogP contribution in [0.15, 0.2) is 42.6 Å². The fraction of sp³-hybridized carbons (Fsp3) is 0. The van der Waals surface area contributed by atoms with Gasteiger partial charge in [0.1, 0.15) is 11.0 Å². The van der Waals surface area contributed by atoms with Gasteiger partial charge in [-0.3, -0.25) is 0 Å². The molecule has 0 saturated heterocycles. The Labute approximate surface area is 102 Å². The highest BCUT2D eigenvalue weighted by molar-refractivity contribution is 6.29. The highest BCUT2D eigenvalue weighted by atomic mass is 35.5. The quantitative estimate of drug-likeness (QED) is 0.646. The van der Waals surface area contributed by atoms with Crippen LogP contribution in [-0.2, 0) is 0 Å². The van der Waals surface area contributed by atoms with Gasteiger partial charge in [0.25, 0.3) is 0 Å². The molecule has 3 aromatic rings. The number of hydrogen-bond donors (Lipinski definition) is 1. The lowest BCUT2D eigenvalue weighted by Crippen LogP contribution is -1.79. The maximum absolute atomic E-state index is 13.5. The molecule has 2 nitrogen and oxygen atoms in total. The summed E-state index contributed by atoms with van der Waals surface area (Å²) < 4.78 is 13.5. The van der Waals surface area contributed by atoms with Crippen LogP contribution in [0.3, 0.4) is 0 Å². The Bertz CT molecular complexity index is 691. The van der Waals surface area contributed by atoms with Gasteiger partial charge in [0.2, 0.25) is 0 Å². The zero-order valence-corrected chi connectivity index (χ0v) is 9.50. The van der Waals surface area contributed by atoms with Crippen molar-refractivity contribution < 1.29 is 4.39 Å². The number of benzene rings is 1. The molecule has 0 bridgehead atoms. The second-order valence-electron chi connectivity index (χ2n) is 3.75. The van der Waals surface area contributed by atoms with Crippen LogP contribution in [0.2, 0.25) is 5.15 Å². The molecule has 0 unspecified atom stereocenters. The summed E-state index contributed by atoms with van der Waals surface area (Å²) in [6, 6.07) is 10.3. The van der Waals surface area contributed by atoms with E-state index in [9.17, 15) is 4.39 Å². The minimum absolute atomic E-state index is 0.231. The first-order valence-corrected chi connectivity index (χ1v) is 5.51. The summed E-state index contributed by atoms with van der Waals surface area (Å²) in [6.45, 7) is 0. The van der Waals surface area contributed by atoms with Gasteiger partial charge in [-0.1, -0.05) is 17.7 Å². The third-order valence-electron chi connectivity index (χ3n) is 2.65. The molecular weight excluding hydrogens is 239 g/mol. The van der Waals surface area contributed by atoms with Crippen LogP contribution in [0.25, 0.3) is 22.2 Å². The number of aromatic nitrogens is 2. The first-order chi connectivity index (χ1) is 8.24. The Morgan fingerprint density at radius 3 is 2.82 bits per heavy atom. The third kappa shape index (κ3) is 1.78. The van der Waals surface area contributed by atoms with Gasteiger partial charge in [-0.2, -0.15) is 0 Å². The maximum atomic E-state index is 13.5. The van der Waals surface area contributed by atoms with Crippen molar-refractivity contribution >= 4 is 22.5 Å². The molecule has 84 valence electrons. The molecular formula is C13H8ClFN2. The van der Waals surface area contributed by atoms with E-state index in [1.54, 1.807) is 24.4 Å². The monoisotopic (exact) mass is 246 g/mol. The predicted octanol–water partition coefficient (Wildman–Crippen LogP) is 4.02. The minimum Gasteiger partial charge on any atom is -0.354 e. The van der Waals surface area contributed by atoms with Crippen LogP contribution in [0, 0.1) is 5.82 Å². The van der Waals surface area contributed by atoms with Crippen molar-refractivity contribution in [2.24, 2.45) is 0 Å². The van der Waals surface area contributed by atoms with Gasteiger partial charge in [-0.15, -0.1) is 0 Å². The molecule has 4 heteroatoms. The van der Waals surface area contributed by atoms with E-state index >= 15 is 0 Å². The topological polar surface area (TPSA) is 28.7 Å². The van der Waals surface area contributed by atoms with Crippen LogP contribution < -0.4 is 0 Å². The molecule has 0 atom stereocenters. The molecule has 2 aromatic heterocycles. The number of halogens is 2. The Hall–Kier alpha value is -1.87.